The van der Waals surface area contributed by atoms with Crippen LogP contribution in [0.3, 0.4) is 0 Å². The number of benzene rings is 1. The molecule has 1 saturated carbocycles. The van der Waals surface area contributed by atoms with Gasteiger partial charge in [0.25, 0.3) is 0 Å². The largest absolute Gasteiger partial charge is 0.444 e. The zero-order valence-electron chi connectivity index (χ0n) is 24.0. The van der Waals surface area contributed by atoms with E-state index in [0.29, 0.717) is 41.6 Å². The van der Waals surface area contributed by atoms with Gasteiger partial charge >= 0.3 is 23.8 Å². The number of ether oxygens (including phenoxy) is 1. The molecule has 0 unspecified atom stereocenters. The number of nitrogens with zero attached hydrogens (tertiary/aromatic N) is 4. The number of aromatic nitrogens is 2. The van der Waals surface area contributed by atoms with Crippen LogP contribution < -0.4 is 20.7 Å². The Kier molecular flexibility index (Phi) is 9.07. The molecule has 0 atom stereocenters. The van der Waals surface area contributed by atoms with E-state index in [1.807, 2.05) is 13.0 Å². The van der Waals surface area contributed by atoms with Crippen LogP contribution >= 0.6 is 0 Å². The summed E-state index contributed by atoms with van der Waals surface area (Å²) in [7, 11) is 0. The first kappa shape index (κ1) is 29.0. The van der Waals surface area contributed by atoms with Gasteiger partial charge in [-0.3, -0.25) is 10.2 Å². The number of hydrogen-bond acceptors (Lipinski definition) is 7. The second kappa shape index (κ2) is 12.5. The third-order valence-electron chi connectivity index (χ3n) is 7.10. The van der Waals surface area contributed by atoms with Gasteiger partial charge in [0.1, 0.15) is 11.4 Å². The summed E-state index contributed by atoms with van der Waals surface area (Å²) in [5.74, 6) is 1.01. The zero-order chi connectivity index (χ0) is 28.9. The van der Waals surface area contributed by atoms with Crippen molar-refractivity contribution < 1.29 is 18.7 Å². The molecule has 1 aliphatic carbocycles. The number of nitrogens with one attached hydrogen (secondary N) is 1. The average Bonchev–Trinajstić information content (AvgIpc) is 2.91. The van der Waals surface area contributed by atoms with Gasteiger partial charge in [-0.1, -0.05) is 38.2 Å². The Hall–Kier alpha value is -3.95. The number of rotatable bonds is 7. The molecule has 0 radical (unpaired) electrons. The normalized spacial score (nSPS) is 14.1. The maximum absolute atomic E-state index is 13.9. The minimum atomic E-state index is -0.667. The van der Waals surface area contributed by atoms with Crippen molar-refractivity contribution >= 4 is 40.5 Å². The Bertz CT molecular complexity index is 1390. The number of amides is 3. The molecular weight excluding hydrogens is 510 g/mol. The first-order valence-corrected chi connectivity index (χ1v) is 14.0. The summed E-state index contributed by atoms with van der Waals surface area (Å²) in [6.45, 7) is 9.65. The first-order chi connectivity index (χ1) is 19.1. The van der Waals surface area contributed by atoms with Crippen molar-refractivity contribution in [1.82, 2.24) is 9.97 Å². The van der Waals surface area contributed by atoms with E-state index in [0.717, 1.165) is 19.3 Å². The van der Waals surface area contributed by atoms with Gasteiger partial charge in [0, 0.05) is 25.0 Å². The molecule has 0 saturated heterocycles. The number of carbonyl (C=O) groups excluding carboxylic acids is 2. The Balaban J connectivity index is 1.69. The lowest BCUT2D eigenvalue weighted by atomic mass is 9.87. The topological polar surface area (TPSA) is 118 Å². The molecule has 2 heterocycles. The molecule has 4 rings (SSSR count). The van der Waals surface area contributed by atoms with E-state index in [1.54, 1.807) is 63.1 Å². The smallest absolute Gasteiger partial charge is 0.412 e. The lowest BCUT2D eigenvalue weighted by Crippen LogP contribution is -2.45. The monoisotopic (exact) mass is 549 g/mol. The van der Waals surface area contributed by atoms with Crippen LogP contribution in [0.4, 0.5) is 27.1 Å². The van der Waals surface area contributed by atoms with E-state index < -0.39 is 17.3 Å². The van der Waals surface area contributed by atoms with Crippen molar-refractivity contribution in [3.8, 4) is 0 Å². The van der Waals surface area contributed by atoms with Crippen LogP contribution in [0, 0.1) is 12.8 Å². The molecule has 2 aromatic heterocycles. The fourth-order valence-electron chi connectivity index (χ4n) is 5.09. The van der Waals surface area contributed by atoms with Gasteiger partial charge in [-0.15, -0.1) is 0 Å². The number of aryl methyl sites for hydroxylation is 1. The molecule has 0 aliphatic heterocycles. The van der Waals surface area contributed by atoms with Gasteiger partial charge in [0.15, 0.2) is 0 Å². The summed E-state index contributed by atoms with van der Waals surface area (Å²) >= 11 is 0. The van der Waals surface area contributed by atoms with Crippen LogP contribution in [0.5, 0.6) is 0 Å². The zero-order valence-corrected chi connectivity index (χ0v) is 24.0. The fraction of sp³-hybridized carbons (Fsp3) is 0.500. The highest BCUT2D eigenvalue weighted by atomic mass is 16.6. The van der Waals surface area contributed by atoms with E-state index in [9.17, 15) is 14.4 Å². The van der Waals surface area contributed by atoms with Crippen LogP contribution in [0.1, 0.15) is 71.8 Å². The minimum Gasteiger partial charge on any atom is -0.444 e. The molecule has 3 aromatic rings. The predicted molar refractivity (Wildman–Crippen MR) is 156 cm³/mol. The Morgan fingerprint density at radius 3 is 2.50 bits per heavy atom. The summed E-state index contributed by atoms with van der Waals surface area (Å²) in [6, 6.07) is 8.28. The average molecular weight is 550 g/mol. The van der Waals surface area contributed by atoms with Crippen LogP contribution in [-0.4, -0.2) is 40.8 Å². The molecule has 0 spiro atoms. The number of carbonyl (C=O) groups is 2. The molecular formula is C30H39N5O5. The maximum Gasteiger partial charge on any atom is 0.412 e. The number of pyridine rings is 1. The van der Waals surface area contributed by atoms with E-state index in [2.05, 4.69) is 15.3 Å². The van der Waals surface area contributed by atoms with Gasteiger partial charge in [0.05, 0.1) is 10.9 Å². The standard InChI is InChI=1S/C30H39N5O5/c1-6-34(24-14-10-11-18-31-24)29(38)35(19-17-21-12-8-7-9-13-21)27-32-23-16-15-22(20(2)25(23)26(36)39-27)33-28(37)40-30(3,4)5/h10-11,14-16,18,21H,6-9,12-13,17,19H2,1-5H3,(H,33,37). The lowest BCUT2D eigenvalue weighted by Gasteiger charge is -2.29. The van der Waals surface area contributed by atoms with Crippen LogP contribution in [0.2, 0.25) is 0 Å². The van der Waals surface area contributed by atoms with Gasteiger partial charge in [-0.25, -0.2) is 24.3 Å². The van der Waals surface area contributed by atoms with Crippen molar-refractivity contribution in [3.05, 3.63) is 52.5 Å². The summed E-state index contributed by atoms with van der Waals surface area (Å²) in [5.41, 5.74) is -0.0165. The van der Waals surface area contributed by atoms with Crippen molar-refractivity contribution in [2.24, 2.45) is 5.92 Å². The van der Waals surface area contributed by atoms with Gasteiger partial charge in [-0.05, 0) is 76.8 Å². The Morgan fingerprint density at radius 2 is 1.85 bits per heavy atom. The summed E-state index contributed by atoms with van der Waals surface area (Å²) in [6.07, 6.45) is 7.67. The third kappa shape index (κ3) is 6.97. The summed E-state index contributed by atoms with van der Waals surface area (Å²) in [5, 5.41) is 2.92. The molecule has 10 heteroatoms. The highest BCUT2D eigenvalue weighted by Gasteiger charge is 2.29. The van der Waals surface area contributed by atoms with Crippen molar-refractivity contribution in [1.29, 1.82) is 0 Å². The number of urea groups is 1. The fourth-order valence-corrected chi connectivity index (χ4v) is 5.09. The molecule has 1 aliphatic rings. The molecule has 1 fully saturated rings. The summed E-state index contributed by atoms with van der Waals surface area (Å²) < 4.78 is 11.1. The van der Waals surface area contributed by atoms with E-state index in [-0.39, 0.29) is 17.4 Å². The molecule has 10 nitrogen and oxygen atoms in total. The third-order valence-corrected chi connectivity index (χ3v) is 7.10. The first-order valence-electron chi connectivity index (χ1n) is 14.0. The van der Waals surface area contributed by atoms with Gasteiger partial charge in [0.2, 0.25) is 0 Å². The van der Waals surface area contributed by atoms with Crippen LogP contribution in [-0.2, 0) is 4.74 Å². The van der Waals surface area contributed by atoms with Crippen molar-refractivity contribution in [2.45, 2.75) is 78.7 Å². The van der Waals surface area contributed by atoms with Gasteiger partial charge < -0.3 is 9.15 Å². The molecule has 40 heavy (non-hydrogen) atoms. The number of anilines is 3. The highest BCUT2D eigenvalue weighted by Crippen LogP contribution is 2.29. The Morgan fingerprint density at radius 1 is 1.10 bits per heavy atom. The minimum absolute atomic E-state index is 0.0556. The molecule has 214 valence electrons. The summed E-state index contributed by atoms with van der Waals surface area (Å²) in [4.78, 5) is 51.5. The van der Waals surface area contributed by atoms with Crippen molar-refractivity contribution in [2.75, 3.05) is 28.2 Å². The van der Waals surface area contributed by atoms with Crippen LogP contribution in [0.25, 0.3) is 10.9 Å². The lowest BCUT2D eigenvalue weighted by molar-refractivity contribution is 0.0635. The quantitative estimate of drug-likeness (QED) is 0.350. The second-order valence-electron chi connectivity index (χ2n) is 11.2. The highest BCUT2D eigenvalue weighted by molar-refractivity contribution is 6.02. The number of hydrogen-bond donors (Lipinski definition) is 1. The molecule has 3 amide bonds. The second-order valence-corrected chi connectivity index (χ2v) is 11.2. The van der Waals surface area contributed by atoms with Gasteiger partial charge in [-0.2, -0.15) is 4.98 Å². The molecule has 0 bridgehead atoms. The van der Waals surface area contributed by atoms with Crippen LogP contribution in [0.15, 0.2) is 45.7 Å². The predicted octanol–water partition coefficient (Wildman–Crippen LogP) is 6.66. The molecule has 1 aromatic carbocycles. The maximum atomic E-state index is 13.9. The SMILES string of the molecule is CCN(C(=O)N(CCC1CCCCC1)c1nc2ccc(NC(=O)OC(C)(C)C)c(C)c2c(=O)o1)c1ccccn1. The van der Waals surface area contributed by atoms with E-state index in [1.165, 1.54) is 24.2 Å². The van der Waals surface area contributed by atoms with E-state index in [4.69, 9.17) is 9.15 Å². The Labute approximate surface area is 234 Å². The number of fused-ring (bicyclic) bond motifs is 1. The molecule has 1 N–H and O–H groups in total. The van der Waals surface area contributed by atoms with Crippen molar-refractivity contribution in [3.63, 3.8) is 0 Å². The van der Waals surface area contributed by atoms with E-state index >= 15 is 0 Å².